The summed E-state index contributed by atoms with van der Waals surface area (Å²) in [7, 11) is 1.57. The molecule has 0 unspecified atom stereocenters. The number of fused-ring (bicyclic) bond motifs is 1. The summed E-state index contributed by atoms with van der Waals surface area (Å²) in [5.41, 5.74) is 1.86. The molecule has 3 rings (SSSR count). The fourth-order valence-electron chi connectivity index (χ4n) is 2.79. The summed E-state index contributed by atoms with van der Waals surface area (Å²) in [6, 6.07) is 8.28. The van der Waals surface area contributed by atoms with Gasteiger partial charge in [-0.15, -0.1) is 0 Å². The molecular weight excluding hydrogens is 380 g/mol. The Balaban J connectivity index is 1.69. The lowest BCUT2D eigenvalue weighted by molar-refractivity contribution is -0.385. The molecule has 1 aliphatic heterocycles. The van der Waals surface area contributed by atoms with Gasteiger partial charge in [0.15, 0.2) is 18.3 Å². The number of hydrogen-bond donors (Lipinski definition) is 0. The predicted molar refractivity (Wildman–Crippen MR) is 105 cm³/mol. The number of nitrogens with zero attached hydrogens (tertiary/aromatic N) is 2. The van der Waals surface area contributed by atoms with E-state index in [2.05, 4.69) is 5.16 Å². The van der Waals surface area contributed by atoms with Crippen LogP contribution in [-0.2, 0) is 22.8 Å². The summed E-state index contributed by atoms with van der Waals surface area (Å²) < 4.78 is 21.6. The van der Waals surface area contributed by atoms with Crippen molar-refractivity contribution in [2.75, 3.05) is 20.5 Å². The number of benzene rings is 2. The Hall–Kier alpha value is -3.33. The smallest absolute Gasteiger partial charge is 0.270 e. The summed E-state index contributed by atoms with van der Waals surface area (Å²) in [4.78, 5) is 16.0. The van der Waals surface area contributed by atoms with Gasteiger partial charge in [0, 0.05) is 28.8 Å². The number of nitro groups is 1. The van der Waals surface area contributed by atoms with Crippen LogP contribution in [0.3, 0.4) is 0 Å². The summed E-state index contributed by atoms with van der Waals surface area (Å²) in [5, 5.41) is 15.1. The minimum Gasteiger partial charge on any atom is -0.493 e. The van der Waals surface area contributed by atoms with Crippen LogP contribution in [0.4, 0.5) is 5.69 Å². The van der Waals surface area contributed by atoms with Crippen molar-refractivity contribution in [1.82, 2.24) is 0 Å². The number of oxime groups is 1. The van der Waals surface area contributed by atoms with E-state index in [1.807, 2.05) is 13.0 Å². The fraction of sp³-hybridized carbons (Fsp3) is 0.350. The molecule has 1 aliphatic rings. The van der Waals surface area contributed by atoms with Crippen LogP contribution in [0.5, 0.6) is 17.2 Å². The van der Waals surface area contributed by atoms with Crippen molar-refractivity contribution in [2.24, 2.45) is 5.16 Å². The average molecular weight is 402 g/mol. The first-order chi connectivity index (χ1) is 14.1. The molecule has 0 radical (unpaired) electrons. The highest BCUT2D eigenvalue weighted by Crippen LogP contribution is 2.33. The van der Waals surface area contributed by atoms with E-state index >= 15 is 0 Å². The second-order valence-corrected chi connectivity index (χ2v) is 6.23. The Bertz CT molecular complexity index is 899. The molecule has 0 saturated heterocycles. The SMILES string of the molecule is CCCOc1ccc(/C=N\OCc2cc([N+](=O)[O-])cc3c2OCOC3)cc1OC. The third-order valence-electron chi connectivity index (χ3n) is 4.13. The number of rotatable bonds is 9. The van der Waals surface area contributed by atoms with Crippen LogP contribution >= 0.6 is 0 Å². The molecule has 0 aromatic heterocycles. The summed E-state index contributed by atoms with van der Waals surface area (Å²) >= 11 is 0. The zero-order valence-electron chi connectivity index (χ0n) is 16.3. The van der Waals surface area contributed by atoms with Crippen LogP contribution in [0, 0.1) is 10.1 Å². The minimum atomic E-state index is -0.462. The summed E-state index contributed by atoms with van der Waals surface area (Å²) in [5.74, 6) is 1.80. The normalized spacial score (nSPS) is 12.9. The highest BCUT2D eigenvalue weighted by Gasteiger charge is 2.21. The predicted octanol–water partition coefficient (Wildman–Crippen LogP) is 3.81. The molecule has 0 amide bonds. The second-order valence-electron chi connectivity index (χ2n) is 6.23. The topological polar surface area (TPSA) is 102 Å². The molecule has 0 bridgehead atoms. The zero-order valence-corrected chi connectivity index (χ0v) is 16.3. The van der Waals surface area contributed by atoms with Gasteiger partial charge in [-0.1, -0.05) is 12.1 Å². The van der Waals surface area contributed by atoms with Crippen molar-refractivity contribution in [2.45, 2.75) is 26.6 Å². The Morgan fingerprint density at radius 2 is 2.14 bits per heavy atom. The third kappa shape index (κ3) is 5.14. The Kier molecular flexibility index (Phi) is 6.85. The lowest BCUT2D eigenvalue weighted by Crippen LogP contribution is -2.14. The van der Waals surface area contributed by atoms with E-state index in [1.54, 1.807) is 19.2 Å². The van der Waals surface area contributed by atoms with Gasteiger partial charge in [0.25, 0.3) is 5.69 Å². The van der Waals surface area contributed by atoms with E-state index in [0.717, 1.165) is 12.0 Å². The van der Waals surface area contributed by atoms with Crippen molar-refractivity contribution in [3.63, 3.8) is 0 Å². The third-order valence-corrected chi connectivity index (χ3v) is 4.13. The number of methoxy groups -OCH3 is 1. The van der Waals surface area contributed by atoms with Crippen LogP contribution in [0.1, 0.15) is 30.0 Å². The number of hydrogen-bond acceptors (Lipinski definition) is 8. The minimum absolute atomic E-state index is 0.0232. The van der Waals surface area contributed by atoms with Gasteiger partial charge in [0.2, 0.25) is 0 Å². The van der Waals surface area contributed by atoms with Crippen molar-refractivity contribution < 1.29 is 28.7 Å². The van der Waals surface area contributed by atoms with E-state index in [1.165, 1.54) is 18.3 Å². The fourth-order valence-corrected chi connectivity index (χ4v) is 2.79. The molecule has 29 heavy (non-hydrogen) atoms. The molecule has 154 valence electrons. The first kappa shape index (κ1) is 20.4. The van der Waals surface area contributed by atoms with Crippen molar-refractivity contribution in [3.8, 4) is 17.2 Å². The Labute approximate surface area is 167 Å². The van der Waals surface area contributed by atoms with Crippen LogP contribution < -0.4 is 14.2 Å². The molecule has 2 aromatic carbocycles. The quantitative estimate of drug-likeness (QED) is 0.357. The number of ether oxygens (including phenoxy) is 4. The molecule has 2 aromatic rings. The molecule has 0 atom stereocenters. The van der Waals surface area contributed by atoms with Gasteiger partial charge in [-0.25, -0.2) is 0 Å². The lowest BCUT2D eigenvalue weighted by Gasteiger charge is -2.20. The van der Waals surface area contributed by atoms with Crippen molar-refractivity contribution in [3.05, 3.63) is 57.1 Å². The Morgan fingerprint density at radius 1 is 1.28 bits per heavy atom. The summed E-state index contributed by atoms with van der Waals surface area (Å²) in [6.07, 6.45) is 2.43. The van der Waals surface area contributed by atoms with Crippen molar-refractivity contribution in [1.29, 1.82) is 0 Å². The monoisotopic (exact) mass is 402 g/mol. The van der Waals surface area contributed by atoms with E-state index in [4.69, 9.17) is 23.8 Å². The Morgan fingerprint density at radius 3 is 2.90 bits per heavy atom. The zero-order chi connectivity index (χ0) is 20.6. The van der Waals surface area contributed by atoms with E-state index in [-0.39, 0.29) is 25.7 Å². The molecule has 0 N–H and O–H groups in total. The second kappa shape index (κ2) is 9.74. The maximum absolute atomic E-state index is 11.1. The van der Waals surface area contributed by atoms with Crippen molar-refractivity contribution >= 4 is 11.9 Å². The van der Waals surface area contributed by atoms with Gasteiger partial charge >= 0.3 is 0 Å². The van der Waals surface area contributed by atoms with Gasteiger partial charge in [0.05, 0.1) is 31.5 Å². The molecule has 0 fully saturated rings. The number of nitro benzene ring substituents is 1. The molecule has 0 spiro atoms. The highest BCUT2D eigenvalue weighted by molar-refractivity contribution is 5.80. The highest BCUT2D eigenvalue weighted by atomic mass is 16.7. The molecule has 9 nitrogen and oxygen atoms in total. The maximum atomic E-state index is 11.1. The molecule has 1 heterocycles. The van der Waals surface area contributed by atoms with Gasteiger partial charge in [-0.3, -0.25) is 10.1 Å². The van der Waals surface area contributed by atoms with Gasteiger partial charge in [0.1, 0.15) is 12.4 Å². The molecule has 9 heteroatoms. The largest absolute Gasteiger partial charge is 0.493 e. The van der Waals surface area contributed by atoms with Gasteiger partial charge in [-0.2, -0.15) is 0 Å². The van der Waals surface area contributed by atoms with Crippen LogP contribution in [0.15, 0.2) is 35.5 Å². The summed E-state index contributed by atoms with van der Waals surface area (Å²) in [6.45, 7) is 3.00. The van der Waals surface area contributed by atoms with E-state index < -0.39 is 4.92 Å². The molecule has 0 aliphatic carbocycles. The lowest BCUT2D eigenvalue weighted by atomic mass is 10.1. The van der Waals surface area contributed by atoms with Crippen LogP contribution in [-0.4, -0.2) is 31.6 Å². The average Bonchev–Trinajstić information content (AvgIpc) is 2.75. The van der Waals surface area contributed by atoms with E-state index in [0.29, 0.717) is 35.0 Å². The maximum Gasteiger partial charge on any atom is 0.270 e. The van der Waals surface area contributed by atoms with Crippen LogP contribution in [0.25, 0.3) is 0 Å². The first-order valence-electron chi connectivity index (χ1n) is 9.09. The first-order valence-corrected chi connectivity index (χ1v) is 9.09. The standard InChI is InChI=1S/C20H22N2O7/c1-3-6-27-18-5-4-14(7-19(18)25-2)10-21-29-12-16-9-17(22(23)24)8-15-11-26-13-28-20(15)16/h4-5,7-10H,3,6,11-13H2,1-2H3/b21-10-. The van der Waals surface area contributed by atoms with E-state index in [9.17, 15) is 10.1 Å². The van der Waals surface area contributed by atoms with Gasteiger partial charge < -0.3 is 23.8 Å². The number of non-ortho nitro benzene ring substituents is 1. The van der Waals surface area contributed by atoms with Crippen LogP contribution in [0.2, 0.25) is 0 Å². The van der Waals surface area contributed by atoms with Gasteiger partial charge in [-0.05, 0) is 24.6 Å². The molecular formula is C20H22N2O7. The molecule has 0 saturated carbocycles.